The third-order valence-corrected chi connectivity index (χ3v) is 3.06. The van der Waals surface area contributed by atoms with Crippen molar-refractivity contribution in [3.8, 4) is 5.88 Å². The molecule has 0 atom stereocenters. The number of hydrogen-bond acceptors (Lipinski definition) is 5. The minimum absolute atomic E-state index is 0.0734. The number of nitrogens with zero attached hydrogens (tertiary/aromatic N) is 1. The van der Waals surface area contributed by atoms with Crippen LogP contribution in [0.3, 0.4) is 0 Å². The number of aromatic nitrogens is 1. The summed E-state index contributed by atoms with van der Waals surface area (Å²) in [6, 6.07) is 4.71. The number of methoxy groups -OCH3 is 1. The molecule has 0 unspecified atom stereocenters. The summed E-state index contributed by atoms with van der Waals surface area (Å²) in [4.78, 5) is 27.2. The van der Waals surface area contributed by atoms with E-state index in [0.717, 1.165) is 5.69 Å². The zero-order valence-electron chi connectivity index (χ0n) is 12.5. The number of carbonyl (C=O) groups excluding carboxylic acids is 1. The van der Waals surface area contributed by atoms with Gasteiger partial charge in [-0.2, -0.15) is 0 Å². The Hall–Kier alpha value is -2.83. The zero-order valence-corrected chi connectivity index (χ0v) is 12.5. The fourth-order valence-corrected chi connectivity index (χ4v) is 1.97. The molecule has 1 amide bonds. The van der Waals surface area contributed by atoms with E-state index in [1.54, 1.807) is 26.0 Å². The Morgan fingerprint density at radius 3 is 2.64 bits per heavy atom. The van der Waals surface area contributed by atoms with Crippen molar-refractivity contribution in [3.05, 3.63) is 46.5 Å². The smallest absolute Gasteiger partial charge is 0.339 e. The molecular weight excluding hydrogens is 288 g/mol. The number of nitrogens with one attached hydrogen (secondary N) is 1. The molecule has 0 spiro atoms. The van der Waals surface area contributed by atoms with Gasteiger partial charge in [-0.15, -0.1) is 0 Å². The predicted octanol–water partition coefficient (Wildman–Crippen LogP) is 1.93. The Kier molecular flexibility index (Phi) is 4.45. The highest BCUT2D eigenvalue weighted by Gasteiger charge is 2.16. The average Bonchev–Trinajstić information content (AvgIpc) is 2.85. The number of hydrogen-bond donors (Lipinski definition) is 2. The number of carboxylic acid groups (broad SMARTS) is 1. The number of ether oxygens (including phenoxy) is 1. The maximum atomic E-state index is 12.1. The minimum Gasteiger partial charge on any atom is -0.480 e. The van der Waals surface area contributed by atoms with E-state index in [4.69, 9.17) is 14.3 Å². The van der Waals surface area contributed by atoms with E-state index >= 15 is 0 Å². The molecule has 22 heavy (non-hydrogen) atoms. The maximum Gasteiger partial charge on any atom is 0.339 e. The van der Waals surface area contributed by atoms with Gasteiger partial charge in [-0.25, -0.2) is 9.78 Å². The van der Waals surface area contributed by atoms with Crippen molar-refractivity contribution in [2.24, 2.45) is 0 Å². The van der Waals surface area contributed by atoms with Crippen LogP contribution in [0.4, 0.5) is 0 Å². The normalized spacial score (nSPS) is 10.3. The summed E-state index contributed by atoms with van der Waals surface area (Å²) in [6.45, 7) is 3.43. The van der Waals surface area contributed by atoms with E-state index < -0.39 is 5.97 Å². The summed E-state index contributed by atoms with van der Waals surface area (Å²) in [6.07, 6.45) is 0. The highest BCUT2D eigenvalue weighted by Crippen LogP contribution is 2.17. The van der Waals surface area contributed by atoms with E-state index in [-0.39, 0.29) is 23.9 Å². The monoisotopic (exact) mass is 304 g/mol. The molecule has 0 aliphatic heterocycles. The van der Waals surface area contributed by atoms with Crippen LogP contribution in [-0.2, 0) is 6.54 Å². The predicted molar refractivity (Wildman–Crippen MR) is 77.1 cm³/mol. The molecule has 2 aromatic rings. The minimum atomic E-state index is -1.07. The van der Waals surface area contributed by atoms with Crippen LogP contribution in [0.15, 0.2) is 22.6 Å². The number of rotatable bonds is 5. The lowest BCUT2D eigenvalue weighted by Crippen LogP contribution is -2.23. The number of aryl methyl sites for hydroxylation is 2. The molecule has 7 nitrogen and oxygen atoms in total. The van der Waals surface area contributed by atoms with Gasteiger partial charge in [0.1, 0.15) is 22.6 Å². The third kappa shape index (κ3) is 3.25. The van der Waals surface area contributed by atoms with Gasteiger partial charge in [-0.3, -0.25) is 4.79 Å². The van der Waals surface area contributed by atoms with Gasteiger partial charge >= 0.3 is 5.97 Å². The Morgan fingerprint density at radius 1 is 1.32 bits per heavy atom. The molecule has 0 aromatic carbocycles. The van der Waals surface area contributed by atoms with E-state index in [9.17, 15) is 9.59 Å². The van der Waals surface area contributed by atoms with E-state index in [2.05, 4.69) is 10.3 Å². The van der Waals surface area contributed by atoms with Crippen molar-refractivity contribution < 1.29 is 23.8 Å². The van der Waals surface area contributed by atoms with E-state index in [1.165, 1.54) is 13.2 Å². The van der Waals surface area contributed by atoms with Gasteiger partial charge in [-0.05, 0) is 32.0 Å². The molecule has 0 radical (unpaired) electrons. The number of pyridine rings is 1. The number of amides is 1. The van der Waals surface area contributed by atoms with Crippen molar-refractivity contribution in [1.29, 1.82) is 0 Å². The third-order valence-electron chi connectivity index (χ3n) is 3.06. The maximum absolute atomic E-state index is 12.1. The van der Waals surface area contributed by atoms with Crippen molar-refractivity contribution in [2.75, 3.05) is 7.11 Å². The van der Waals surface area contributed by atoms with Crippen LogP contribution in [0.1, 0.15) is 37.9 Å². The molecule has 0 aliphatic carbocycles. The van der Waals surface area contributed by atoms with Gasteiger partial charge in [0.15, 0.2) is 0 Å². The first kappa shape index (κ1) is 15.6. The highest BCUT2D eigenvalue weighted by atomic mass is 16.5. The molecule has 2 aromatic heterocycles. The number of carbonyl (C=O) groups is 2. The molecule has 2 heterocycles. The van der Waals surface area contributed by atoms with Crippen molar-refractivity contribution in [1.82, 2.24) is 10.3 Å². The van der Waals surface area contributed by atoms with Crippen molar-refractivity contribution in [2.45, 2.75) is 20.4 Å². The van der Waals surface area contributed by atoms with Crippen molar-refractivity contribution >= 4 is 11.9 Å². The fraction of sp³-hybridized carbons (Fsp3) is 0.267. The molecule has 0 saturated heterocycles. The first-order valence-electron chi connectivity index (χ1n) is 6.54. The first-order chi connectivity index (χ1) is 10.4. The Bertz CT molecular complexity index is 721. The molecule has 7 heteroatoms. The second kappa shape index (κ2) is 6.30. The molecule has 0 saturated carbocycles. The SMILES string of the molecule is COc1nc(C)ccc1C(=O)NCc1cc(C(=O)O)c(C)o1. The topological polar surface area (TPSA) is 102 Å². The second-order valence-corrected chi connectivity index (χ2v) is 4.68. The molecule has 2 rings (SSSR count). The quantitative estimate of drug-likeness (QED) is 0.875. The second-order valence-electron chi connectivity index (χ2n) is 4.68. The molecule has 2 N–H and O–H groups in total. The molecule has 0 aliphatic rings. The zero-order chi connectivity index (χ0) is 16.3. The average molecular weight is 304 g/mol. The lowest BCUT2D eigenvalue weighted by molar-refractivity contribution is 0.0694. The lowest BCUT2D eigenvalue weighted by Gasteiger charge is -2.08. The van der Waals surface area contributed by atoms with E-state index in [1.807, 2.05) is 0 Å². The molecule has 0 fully saturated rings. The largest absolute Gasteiger partial charge is 0.480 e. The van der Waals surface area contributed by atoms with Crippen LogP contribution in [0.2, 0.25) is 0 Å². The standard InChI is InChI=1S/C15H16N2O5/c1-8-4-5-11(14(17-8)21-3)13(18)16-7-10-6-12(15(19)20)9(2)22-10/h4-6H,7H2,1-3H3,(H,16,18)(H,19,20). The number of carboxylic acids is 1. The van der Waals surface area contributed by atoms with Crippen LogP contribution < -0.4 is 10.1 Å². The van der Waals surface area contributed by atoms with Crippen LogP contribution >= 0.6 is 0 Å². The molecule has 0 bridgehead atoms. The van der Waals surface area contributed by atoms with Crippen LogP contribution in [0.5, 0.6) is 5.88 Å². The van der Waals surface area contributed by atoms with Crippen LogP contribution in [0, 0.1) is 13.8 Å². The summed E-state index contributed by atoms with van der Waals surface area (Å²) in [5.41, 5.74) is 1.12. The number of aromatic carboxylic acids is 1. The Balaban J connectivity index is 2.10. The lowest BCUT2D eigenvalue weighted by atomic mass is 10.2. The van der Waals surface area contributed by atoms with Gasteiger partial charge < -0.3 is 19.6 Å². The van der Waals surface area contributed by atoms with Gasteiger partial charge in [0.2, 0.25) is 5.88 Å². The Morgan fingerprint density at radius 2 is 2.05 bits per heavy atom. The highest BCUT2D eigenvalue weighted by molar-refractivity contribution is 5.96. The molecular formula is C15H16N2O5. The van der Waals surface area contributed by atoms with Crippen LogP contribution in [-0.4, -0.2) is 29.1 Å². The first-order valence-corrected chi connectivity index (χ1v) is 6.54. The summed E-state index contributed by atoms with van der Waals surface area (Å²) in [7, 11) is 1.44. The van der Waals surface area contributed by atoms with Gasteiger partial charge in [0.05, 0.1) is 13.7 Å². The molecule has 116 valence electrons. The fourth-order valence-electron chi connectivity index (χ4n) is 1.97. The summed E-state index contributed by atoms with van der Waals surface area (Å²) >= 11 is 0. The van der Waals surface area contributed by atoms with Crippen LogP contribution in [0.25, 0.3) is 0 Å². The Labute approximate surface area is 126 Å². The van der Waals surface area contributed by atoms with Crippen molar-refractivity contribution in [3.63, 3.8) is 0 Å². The summed E-state index contributed by atoms with van der Waals surface area (Å²) < 4.78 is 10.4. The number of furan rings is 1. The van der Waals surface area contributed by atoms with E-state index in [0.29, 0.717) is 17.1 Å². The van der Waals surface area contributed by atoms with Gasteiger partial charge in [0, 0.05) is 5.69 Å². The van der Waals surface area contributed by atoms with Gasteiger partial charge in [-0.1, -0.05) is 0 Å². The summed E-state index contributed by atoms with van der Waals surface area (Å²) in [5, 5.41) is 11.6. The summed E-state index contributed by atoms with van der Waals surface area (Å²) in [5.74, 6) is -0.550. The van der Waals surface area contributed by atoms with Gasteiger partial charge in [0.25, 0.3) is 5.91 Å².